The summed E-state index contributed by atoms with van der Waals surface area (Å²) in [6.45, 7) is 14.5. The van der Waals surface area contributed by atoms with Gasteiger partial charge in [0.15, 0.2) is 0 Å². The van der Waals surface area contributed by atoms with E-state index in [9.17, 15) is 0 Å². The van der Waals surface area contributed by atoms with Crippen LogP contribution in [-0.2, 0) is 4.74 Å². The number of hydrogen-bond donors (Lipinski definition) is 2. The first-order valence-corrected chi connectivity index (χ1v) is 21.5. The van der Waals surface area contributed by atoms with Crippen molar-refractivity contribution in [3.8, 4) is 0 Å². The molecule has 0 aromatic heterocycles. The van der Waals surface area contributed by atoms with Crippen LogP contribution in [0.5, 0.6) is 0 Å². The number of rotatable bonds is 24. The van der Waals surface area contributed by atoms with Crippen molar-refractivity contribution >= 4 is 0 Å². The summed E-state index contributed by atoms with van der Waals surface area (Å²) in [6.07, 6.45) is 37.6. The first kappa shape index (κ1) is 38.7. The summed E-state index contributed by atoms with van der Waals surface area (Å²) in [6, 6.07) is 0. The topological polar surface area (TPSA) is 47.3 Å². The molecule has 0 heterocycles. The molecule has 3 heteroatoms. The number of nitrogens with two attached hydrogens (primary N) is 1. The lowest BCUT2D eigenvalue weighted by molar-refractivity contribution is -0.136. The maximum absolute atomic E-state index is 6.29. The number of nitrogens with one attached hydrogen (secondary N) is 1. The molecule has 0 aromatic carbocycles. The van der Waals surface area contributed by atoms with Crippen LogP contribution in [0.3, 0.4) is 0 Å². The second kappa shape index (κ2) is 20.5. The summed E-state index contributed by atoms with van der Waals surface area (Å²) in [5, 5.41) is 3.81. The molecule has 0 radical (unpaired) electrons. The fraction of sp³-hybridized carbons (Fsp3) is 1.00. The van der Waals surface area contributed by atoms with E-state index < -0.39 is 0 Å². The Morgan fingerprint density at radius 1 is 0.674 bits per heavy atom. The van der Waals surface area contributed by atoms with Gasteiger partial charge >= 0.3 is 0 Å². The van der Waals surface area contributed by atoms with Crippen molar-refractivity contribution in [1.82, 2.24) is 5.32 Å². The van der Waals surface area contributed by atoms with Gasteiger partial charge < -0.3 is 15.8 Å². The third-order valence-corrected chi connectivity index (χ3v) is 14.8. The molecule has 0 bridgehead atoms. The van der Waals surface area contributed by atoms with Crippen molar-refractivity contribution < 1.29 is 4.74 Å². The third kappa shape index (κ3) is 10.7. The normalized spacial score (nSPS) is 34.6. The summed E-state index contributed by atoms with van der Waals surface area (Å²) >= 11 is 0. The minimum atomic E-state index is 0.500. The first-order chi connectivity index (χ1) is 22.4. The van der Waals surface area contributed by atoms with Gasteiger partial charge in [-0.05, 0) is 149 Å². The van der Waals surface area contributed by atoms with Crippen LogP contribution in [0.25, 0.3) is 0 Å². The molecule has 7 unspecified atom stereocenters. The highest BCUT2D eigenvalue weighted by molar-refractivity contribution is 5.09. The quantitative estimate of drug-likeness (QED) is 0.103. The van der Waals surface area contributed by atoms with E-state index in [1.807, 2.05) is 0 Å². The summed E-state index contributed by atoms with van der Waals surface area (Å²) in [5.41, 5.74) is 6.90. The highest BCUT2D eigenvalue weighted by Crippen LogP contribution is 2.68. The Morgan fingerprint density at radius 2 is 1.28 bits per heavy atom. The van der Waals surface area contributed by atoms with Crippen LogP contribution in [0.15, 0.2) is 0 Å². The standard InChI is InChI=1S/C43H82N2O/c1-5-6-7-8-9-10-11-12-13-14-15-16-17-18-31-45-32-19-21-35(2)39-24-25-40-38-23-22-36-34-37(46-33-20-30-44)26-28-42(36,3)41(38)27-29-43(39,40)4/h35-41,45H,5-34,44H2,1-4H3/t35-,36?,37-,38?,39?,40?,41?,42?,43?/m1/s1. The molecular formula is C43H82N2O. The van der Waals surface area contributed by atoms with E-state index >= 15 is 0 Å². The summed E-state index contributed by atoms with van der Waals surface area (Å²) in [7, 11) is 0. The SMILES string of the molecule is CCCCCCCCCCCCCCCCNCCC[C@@H](C)C1CCC2C3CCC4C[C@H](OCCCN)CCC4(C)C3CCC21C. The van der Waals surface area contributed by atoms with Crippen LogP contribution < -0.4 is 11.1 Å². The van der Waals surface area contributed by atoms with Crippen LogP contribution in [0.2, 0.25) is 0 Å². The van der Waals surface area contributed by atoms with Crippen molar-refractivity contribution in [3.63, 3.8) is 0 Å². The van der Waals surface area contributed by atoms with Gasteiger partial charge in [-0.1, -0.05) is 111 Å². The lowest BCUT2D eigenvalue weighted by Gasteiger charge is -2.61. The largest absolute Gasteiger partial charge is 0.378 e. The van der Waals surface area contributed by atoms with E-state index in [1.54, 1.807) is 0 Å². The molecule has 46 heavy (non-hydrogen) atoms. The van der Waals surface area contributed by atoms with Crippen molar-refractivity contribution in [3.05, 3.63) is 0 Å². The van der Waals surface area contributed by atoms with Crippen LogP contribution in [0.1, 0.15) is 195 Å². The first-order valence-electron chi connectivity index (χ1n) is 21.5. The predicted octanol–water partition coefficient (Wildman–Crippen LogP) is 11.9. The van der Waals surface area contributed by atoms with Gasteiger partial charge in [-0.3, -0.25) is 0 Å². The number of hydrogen-bond acceptors (Lipinski definition) is 3. The van der Waals surface area contributed by atoms with Crippen LogP contribution >= 0.6 is 0 Å². The second-order valence-corrected chi connectivity index (χ2v) is 17.8. The molecule has 4 fully saturated rings. The van der Waals surface area contributed by atoms with Gasteiger partial charge in [0.25, 0.3) is 0 Å². The van der Waals surface area contributed by atoms with E-state index in [1.165, 1.54) is 174 Å². The van der Waals surface area contributed by atoms with Gasteiger partial charge in [0.2, 0.25) is 0 Å². The minimum absolute atomic E-state index is 0.500. The van der Waals surface area contributed by atoms with Gasteiger partial charge in [-0.25, -0.2) is 0 Å². The Bertz CT molecular complexity index is 802. The van der Waals surface area contributed by atoms with Gasteiger partial charge in [-0.2, -0.15) is 0 Å². The second-order valence-electron chi connectivity index (χ2n) is 17.8. The van der Waals surface area contributed by atoms with Crippen molar-refractivity contribution in [2.24, 2.45) is 52.1 Å². The molecule has 4 aliphatic rings. The van der Waals surface area contributed by atoms with Crippen LogP contribution in [0, 0.1) is 46.3 Å². The lowest BCUT2D eigenvalue weighted by Crippen LogP contribution is -2.54. The Labute approximate surface area is 288 Å². The fourth-order valence-electron chi connectivity index (χ4n) is 12.0. The molecule has 0 amide bonds. The predicted molar refractivity (Wildman–Crippen MR) is 200 cm³/mol. The van der Waals surface area contributed by atoms with Crippen LogP contribution in [-0.4, -0.2) is 32.3 Å². The fourth-order valence-corrected chi connectivity index (χ4v) is 12.0. The van der Waals surface area contributed by atoms with E-state index in [-0.39, 0.29) is 0 Å². The third-order valence-electron chi connectivity index (χ3n) is 14.8. The molecule has 3 N–H and O–H groups in total. The van der Waals surface area contributed by atoms with E-state index in [2.05, 4.69) is 33.0 Å². The van der Waals surface area contributed by atoms with Crippen molar-refractivity contribution in [2.45, 2.75) is 201 Å². The Balaban J connectivity index is 1.04. The zero-order valence-electron chi connectivity index (χ0n) is 31.7. The maximum Gasteiger partial charge on any atom is 0.0578 e. The van der Waals surface area contributed by atoms with E-state index in [4.69, 9.17) is 10.5 Å². The summed E-state index contributed by atoms with van der Waals surface area (Å²) < 4.78 is 6.29. The molecule has 0 saturated heterocycles. The Kier molecular flexibility index (Phi) is 17.3. The van der Waals surface area contributed by atoms with Crippen molar-refractivity contribution in [1.29, 1.82) is 0 Å². The maximum atomic E-state index is 6.29. The smallest absolute Gasteiger partial charge is 0.0578 e. The molecule has 9 atom stereocenters. The van der Waals surface area contributed by atoms with Gasteiger partial charge in [-0.15, -0.1) is 0 Å². The lowest BCUT2D eigenvalue weighted by atomic mass is 9.44. The van der Waals surface area contributed by atoms with Gasteiger partial charge in [0.1, 0.15) is 0 Å². The zero-order chi connectivity index (χ0) is 32.7. The molecule has 3 nitrogen and oxygen atoms in total. The van der Waals surface area contributed by atoms with E-state index in [0.717, 1.165) is 55.1 Å². The number of unbranched alkanes of at least 4 members (excludes halogenated alkanes) is 13. The Hall–Kier alpha value is -0.120. The Morgan fingerprint density at radius 3 is 1.96 bits per heavy atom. The molecule has 0 aromatic rings. The molecular weight excluding hydrogens is 560 g/mol. The monoisotopic (exact) mass is 643 g/mol. The molecule has 0 spiro atoms. The highest BCUT2D eigenvalue weighted by Gasteiger charge is 2.60. The summed E-state index contributed by atoms with van der Waals surface area (Å²) in [4.78, 5) is 0. The molecule has 4 saturated carbocycles. The highest BCUT2D eigenvalue weighted by atomic mass is 16.5. The molecule has 270 valence electrons. The van der Waals surface area contributed by atoms with Crippen molar-refractivity contribution in [2.75, 3.05) is 26.2 Å². The number of fused-ring (bicyclic) bond motifs is 5. The average molecular weight is 643 g/mol. The van der Waals surface area contributed by atoms with E-state index in [0.29, 0.717) is 16.9 Å². The molecule has 4 rings (SSSR count). The molecule has 4 aliphatic carbocycles. The van der Waals surface area contributed by atoms with Crippen LogP contribution in [0.4, 0.5) is 0 Å². The minimum Gasteiger partial charge on any atom is -0.378 e. The average Bonchev–Trinajstić information content (AvgIpc) is 3.41. The van der Waals surface area contributed by atoms with Gasteiger partial charge in [0, 0.05) is 6.61 Å². The van der Waals surface area contributed by atoms with Gasteiger partial charge in [0.05, 0.1) is 6.10 Å². The molecule has 0 aliphatic heterocycles. The summed E-state index contributed by atoms with van der Waals surface area (Å²) in [5.74, 6) is 5.71. The number of ether oxygens (including phenoxy) is 1. The zero-order valence-corrected chi connectivity index (χ0v) is 31.7.